The van der Waals surface area contributed by atoms with E-state index in [1.54, 1.807) is 42.6 Å². The van der Waals surface area contributed by atoms with E-state index < -0.39 is 0 Å². The zero-order chi connectivity index (χ0) is 16.5. The lowest BCUT2D eigenvalue weighted by atomic mass is 10.2. The number of rotatable bonds is 7. The Morgan fingerprint density at radius 2 is 1.70 bits per heavy atom. The monoisotopic (exact) mass is 313 g/mol. The molecule has 6 heteroatoms. The first kappa shape index (κ1) is 16.5. The van der Waals surface area contributed by atoms with E-state index in [0.29, 0.717) is 36.7 Å². The maximum Gasteiger partial charge on any atom is 0.256 e. The Balaban J connectivity index is 1.80. The molecule has 0 aliphatic heterocycles. The standard InChI is InChI=1S/C17H19N3O3/c1-2-23-17-14(9-6-10-20-17)16(22)19-12-11-18-15(21)13-7-4-3-5-8-13/h3-10H,2,11-12H2,1H3,(H,18,21)(H,19,22). The summed E-state index contributed by atoms with van der Waals surface area (Å²) in [6.07, 6.45) is 1.57. The van der Waals surface area contributed by atoms with Crippen molar-refractivity contribution in [2.24, 2.45) is 0 Å². The van der Waals surface area contributed by atoms with Gasteiger partial charge >= 0.3 is 0 Å². The molecule has 1 aromatic heterocycles. The fourth-order valence-electron chi connectivity index (χ4n) is 1.95. The topological polar surface area (TPSA) is 80.3 Å². The molecule has 2 N–H and O–H groups in total. The summed E-state index contributed by atoms with van der Waals surface area (Å²) < 4.78 is 5.32. The van der Waals surface area contributed by atoms with Crippen LogP contribution in [-0.4, -0.2) is 36.5 Å². The van der Waals surface area contributed by atoms with Crippen molar-refractivity contribution >= 4 is 11.8 Å². The van der Waals surface area contributed by atoms with Crippen LogP contribution < -0.4 is 15.4 Å². The zero-order valence-electron chi connectivity index (χ0n) is 12.9. The SMILES string of the molecule is CCOc1ncccc1C(=O)NCCNC(=O)c1ccccc1. The average Bonchev–Trinajstić information content (AvgIpc) is 2.60. The highest BCUT2D eigenvalue weighted by Gasteiger charge is 2.12. The lowest BCUT2D eigenvalue weighted by molar-refractivity contribution is 0.0925. The first-order valence-electron chi connectivity index (χ1n) is 7.41. The quantitative estimate of drug-likeness (QED) is 0.762. The Morgan fingerprint density at radius 3 is 2.39 bits per heavy atom. The minimum atomic E-state index is -0.282. The van der Waals surface area contributed by atoms with Crippen molar-refractivity contribution in [2.45, 2.75) is 6.92 Å². The molecule has 0 saturated heterocycles. The summed E-state index contributed by atoms with van der Waals surface area (Å²) >= 11 is 0. The molecule has 0 aliphatic carbocycles. The van der Waals surface area contributed by atoms with Crippen LogP contribution in [0.2, 0.25) is 0 Å². The molecule has 0 bridgehead atoms. The number of aromatic nitrogens is 1. The van der Waals surface area contributed by atoms with Crippen molar-refractivity contribution < 1.29 is 14.3 Å². The van der Waals surface area contributed by atoms with Crippen LogP contribution in [-0.2, 0) is 0 Å². The van der Waals surface area contributed by atoms with E-state index >= 15 is 0 Å². The van der Waals surface area contributed by atoms with Gasteiger partial charge in [0.1, 0.15) is 5.56 Å². The molecule has 0 spiro atoms. The van der Waals surface area contributed by atoms with Crippen molar-refractivity contribution in [3.05, 3.63) is 59.8 Å². The molecule has 6 nitrogen and oxygen atoms in total. The number of pyridine rings is 1. The molecule has 2 amide bonds. The highest BCUT2D eigenvalue weighted by molar-refractivity contribution is 5.96. The van der Waals surface area contributed by atoms with E-state index in [1.807, 2.05) is 13.0 Å². The molecule has 0 aliphatic rings. The van der Waals surface area contributed by atoms with Crippen molar-refractivity contribution in [1.29, 1.82) is 0 Å². The summed E-state index contributed by atoms with van der Waals surface area (Å²) in [6, 6.07) is 12.2. The summed E-state index contributed by atoms with van der Waals surface area (Å²) in [7, 11) is 0. The van der Waals surface area contributed by atoms with Crippen molar-refractivity contribution in [1.82, 2.24) is 15.6 Å². The number of hydrogen-bond donors (Lipinski definition) is 2. The van der Waals surface area contributed by atoms with Gasteiger partial charge in [0.05, 0.1) is 6.61 Å². The number of carbonyl (C=O) groups excluding carboxylic acids is 2. The molecular formula is C17H19N3O3. The number of benzene rings is 1. The third kappa shape index (κ3) is 4.81. The summed E-state index contributed by atoms with van der Waals surface area (Å²) in [5.41, 5.74) is 0.966. The van der Waals surface area contributed by atoms with E-state index in [1.165, 1.54) is 0 Å². The number of carbonyl (C=O) groups is 2. The maximum atomic E-state index is 12.1. The molecule has 0 fully saturated rings. The Hall–Kier alpha value is -2.89. The Morgan fingerprint density at radius 1 is 1.00 bits per heavy atom. The van der Waals surface area contributed by atoms with Crippen LogP contribution in [0.3, 0.4) is 0 Å². The Bertz CT molecular complexity index is 659. The Kier molecular flexibility index (Phi) is 6.11. The van der Waals surface area contributed by atoms with Gasteiger partial charge in [-0.15, -0.1) is 0 Å². The van der Waals surface area contributed by atoms with Gasteiger partial charge < -0.3 is 15.4 Å². The number of nitrogens with one attached hydrogen (secondary N) is 2. The number of ether oxygens (including phenoxy) is 1. The van der Waals surface area contributed by atoms with E-state index in [2.05, 4.69) is 15.6 Å². The van der Waals surface area contributed by atoms with Gasteiger partial charge in [-0.05, 0) is 31.2 Å². The third-order valence-electron chi connectivity index (χ3n) is 3.03. The van der Waals surface area contributed by atoms with Gasteiger partial charge in [-0.2, -0.15) is 0 Å². The van der Waals surface area contributed by atoms with Gasteiger partial charge in [0, 0.05) is 24.8 Å². The van der Waals surface area contributed by atoms with Gasteiger partial charge in [-0.3, -0.25) is 9.59 Å². The minimum Gasteiger partial charge on any atom is -0.477 e. The molecule has 1 heterocycles. The molecule has 0 atom stereocenters. The fraction of sp³-hybridized carbons (Fsp3) is 0.235. The van der Waals surface area contributed by atoms with Gasteiger partial charge in [-0.1, -0.05) is 18.2 Å². The predicted molar refractivity (Wildman–Crippen MR) is 86.5 cm³/mol. The van der Waals surface area contributed by atoms with E-state index in [9.17, 15) is 9.59 Å². The summed E-state index contributed by atoms with van der Waals surface area (Å²) in [6.45, 7) is 2.92. The highest BCUT2D eigenvalue weighted by Crippen LogP contribution is 2.13. The first-order chi connectivity index (χ1) is 11.2. The smallest absolute Gasteiger partial charge is 0.256 e. The van der Waals surface area contributed by atoms with E-state index in [0.717, 1.165) is 0 Å². The Labute approximate surface area is 134 Å². The fourth-order valence-corrected chi connectivity index (χ4v) is 1.95. The summed E-state index contributed by atoms with van der Waals surface area (Å²) in [5, 5.41) is 5.48. The molecule has 120 valence electrons. The normalized spacial score (nSPS) is 9.96. The number of nitrogens with zero attached hydrogens (tertiary/aromatic N) is 1. The molecule has 2 rings (SSSR count). The van der Waals surface area contributed by atoms with Crippen LogP contribution in [0.15, 0.2) is 48.7 Å². The average molecular weight is 313 g/mol. The van der Waals surface area contributed by atoms with E-state index in [4.69, 9.17) is 4.74 Å². The lowest BCUT2D eigenvalue weighted by Gasteiger charge is -2.10. The van der Waals surface area contributed by atoms with E-state index in [-0.39, 0.29) is 11.8 Å². The zero-order valence-corrected chi connectivity index (χ0v) is 12.9. The predicted octanol–water partition coefficient (Wildman–Crippen LogP) is 1.64. The van der Waals surface area contributed by atoms with Crippen LogP contribution >= 0.6 is 0 Å². The van der Waals surface area contributed by atoms with Crippen LogP contribution in [0.1, 0.15) is 27.6 Å². The summed E-state index contributed by atoms with van der Waals surface area (Å²) in [5.74, 6) is -0.146. The van der Waals surface area contributed by atoms with Crippen LogP contribution in [0.5, 0.6) is 5.88 Å². The molecule has 23 heavy (non-hydrogen) atoms. The number of hydrogen-bond acceptors (Lipinski definition) is 4. The second-order valence-electron chi connectivity index (χ2n) is 4.67. The minimum absolute atomic E-state index is 0.170. The molecule has 2 aromatic rings. The van der Waals surface area contributed by atoms with Crippen LogP contribution in [0.4, 0.5) is 0 Å². The van der Waals surface area contributed by atoms with Gasteiger partial charge in [0.2, 0.25) is 5.88 Å². The van der Waals surface area contributed by atoms with Crippen molar-refractivity contribution in [2.75, 3.05) is 19.7 Å². The maximum absolute atomic E-state index is 12.1. The van der Waals surface area contributed by atoms with Gasteiger partial charge in [-0.25, -0.2) is 4.98 Å². The first-order valence-corrected chi connectivity index (χ1v) is 7.41. The largest absolute Gasteiger partial charge is 0.477 e. The molecule has 0 radical (unpaired) electrons. The lowest BCUT2D eigenvalue weighted by Crippen LogP contribution is -2.34. The highest BCUT2D eigenvalue weighted by atomic mass is 16.5. The number of amides is 2. The van der Waals surface area contributed by atoms with Crippen LogP contribution in [0.25, 0.3) is 0 Å². The van der Waals surface area contributed by atoms with Crippen molar-refractivity contribution in [3.63, 3.8) is 0 Å². The van der Waals surface area contributed by atoms with Crippen molar-refractivity contribution in [3.8, 4) is 5.88 Å². The second-order valence-corrected chi connectivity index (χ2v) is 4.67. The molecular weight excluding hydrogens is 294 g/mol. The molecule has 1 aromatic carbocycles. The second kappa shape index (κ2) is 8.53. The summed E-state index contributed by atoms with van der Waals surface area (Å²) in [4.78, 5) is 28.0. The van der Waals surface area contributed by atoms with Gasteiger partial charge in [0.25, 0.3) is 11.8 Å². The van der Waals surface area contributed by atoms with Crippen LogP contribution in [0, 0.1) is 0 Å². The molecule has 0 unspecified atom stereocenters. The van der Waals surface area contributed by atoms with Gasteiger partial charge in [0.15, 0.2) is 0 Å². The molecule has 0 saturated carbocycles. The third-order valence-corrected chi connectivity index (χ3v) is 3.03.